The van der Waals surface area contributed by atoms with Crippen molar-refractivity contribution in [3.8, 4) is 73.2 Å². The monoisotopic (exact) mass is 792 g/mol. The molecule has 290 valence electrons. The number of hydrogen-bond donors (Lipinski definition) is 0. The first-order chi connectivity index (χ1) is 30.7. The molecule has 0 saturated heterocycles. The molecule has 0 N–H and O–H groups in total. The molecule has 12 aromatic rings. The molecule has 62 heavy (non-hydrogen) atoms. The summed E-state index contributed by atoms with van der Waals surface area (Å²) in [6.45, 7) is 0. The molecule has 0 aliphatic heterocycles. The molecule has 0 amide bonds. The van der Waals surface area contributed by atoms with Crippen molar-refractivity contribution in [1.29, 1.82) is 0 Å². The van der Waals surface area contributed by atoms with Gasteiger partial charge in [-0.3, -0.25) is 0 Å². The Hall–Kier alpha value is -8.41. The van der Waals surface area contributed by atoms with Gasteiger partial charge in [0, 0.05) is 43.9 Å². The zero-order valence-electron chi connectivity index (χ0n) is 33.5. The second kappa shape index (κ2) is 14.7. The van der Waals surface area contributed by atoms with E-state index in [1.807, 2.05) is 72.8 Å². The summed E-state index contributed by atoms with van der Waals surface area (Å²) in [7, 11) is 0. The molecule has 0 aliphatic rings. The average molecular weight is 793 g/mol. The summed E-state index contributed by atoms with van der Waals surface area (Å²) in [6, 6.07) is 76.5. The van der Waals surface area contributed by atoms with Crippen LogP contribution in [0, 0.1) is 0 Å². The maximum absolute atomic E-state index is 6.56. The van der Waals surface area contributed by atoms with Crippen LogP contribution >= 0.6 is 0 Å². The molecule has 0 spiro atoms. The summed E-state index contributed by atoms with van der Waals surface area (Å²) >= 11 is 0. The van der Waals surface area contributed by atoms with Crippen molar-refractivity contribution < 1.29 is 4.42 Å². The lowest BCUT2D eigenvalue weighted by Crippen LogP contribution is -2.00. The summed E-state index contributed by atoms with van der Waals surface area (Å²) in [6.07, 6.45) is 0. The van der Waals surface area contributed by atoms with Crippen molar-refractivity contribution >= 4 is 43.7 Å². The van der Waals surface area contributed by atoms with Crippen molar-refractivity contribution in [2.45, 2.75) is 0 Å². The van der Waals surface area contributed by atoms with Crippen LogP contribution in [-0.2, 0) is 0 Å². The minimum Gasteiger partial charge on any atom is -0.456 e. The maximum Gasteiger partial charge on any atom is 0.164 e. The molecule has 0 aliphatic carbocycles. The molecule has 5 nitrogen and oxygen atoms in total. The Kier molecular flexibility index (Phi) is 8.42. The van der Waals surface area contributed by atoms with Crippen molar-refractivity contribution in [3.63, 3.8) is 0 Å². The second-order valence-electron chi connectivity index (χ2n) is 15.6. The fourth-order valence-electron chi connectivity index (χ4n) is 8.87. The van der Waals surface area contributed by atoms with E-state index in [0.717, 1.165) is 61.0 Å². The Morgan fingerprint density at radius 2 is 0.823 bits per heavy atom. The van der Waals surface area contributed by atoms with Gasteiger partial charge in [0.2, 0.25) is 0 Å². The SMILES string of the molecule is c1ccc(-c2nc(-c3ccccc3)nc(-c3ccc4c(c3)oc3cccc(-c5ccc(-c6cccc(-c7ccc8c9ccccc9n(-c9ccccc9)c8c7)c6)cc5)c34)n2)cc1. The summed E-state index contributed by atoms with van der Waals surface area (Å²) in [4.78, 5) is 14.8. The smallest absolute Gasteiger partial charge is 0.164 e. The van der Waals surface area contributed by atoms with E-state index in [0.29, 0.717) is 17.5 Å². The largest absolute Gasteiger partial charge is 0.456 e. The van der Waals surface area contributed by atoms with Gasteiger partial charge in [-0.05, 0) is 81.9 Å². The minimum absolute atomic E-state index is 0.593. The van der Waals surface area contributed by atoms with E-state index in [2.05, 4.69) is 150 Å². The predicted molar refractivity (Wildman–Crippen MR) is 254 cm³/mol. The summed E-state index contributed by atoms with van der Waals surface area (Å²) < 4.78 is 8.93. The van der Waals surface area contributed by atoms with Crippen LogP contribution in [0.1, 0.15) is 0 Å². The lowest BCUT2D eigenvalue weighted by Gasteiger charge is -2.10. The second-order valence-corrected chi connectivity index (χ2v) is 15.6. The third kappa shape index (κ3) is 6.14. The molecular weight excluding hydrogens is 757 g/mol. The van der Waals surface area contributed by atoms with Crippen LogP contribution in [0.3, 0.4) is 0 Å². The van der Waals surface area contributed by atoms with E-state index in [-0.39, 0.29) is 0 Å². The molecule has 0 atom stereocenters. The van der Waals surface area contributed by atoms with Gasteiger partial charge in [0.15, 0.2) is 17.5 Å². The van der Waals surface area contributed by atoms with E-state index < -0.39 is 0 Å². The topological polar surface area (TPSA) is 56.7 Å². The molecule has 0 unspecified atom stereocenters. The zero-order chi connectivity index (χ0) is 41.0. The number of aromatic nitrogens is 4. The quantitative estimate of drug-likeness (QED) is 0.161. The first kappa shape index (κ1) is 35.5. The van der Waals surface area contributed by atoms with Gasteiger partial charge in [-0.1, -0.05) is 170 Å². The maximum atomic E-state index is 6.56. The van der Waals surface area contributed by atoms with Crippen molar-refractivity contribution in [1.82, 2.24) is 19.5 Å². The van der Waals surface area contributed by atoms with Crippen LogP contribution in [0.25, 0.3) is 117 Å². The number of fused-ring (bicyclic) bond motifs is 6. The highest BCUT2D eigenvalue weighted by atomic mass is 16.3. The van der Waals surface area contributed by atoms with Crippen molar-refractivity contribution in [2.75, 3.05) is 0 Å². The highest BCUT2D eigenvalue weighted by molar-refractivity contribution is 6.13. The lowest BCUT2D eigenvalue weighted by atomic mass is 9.95. The number of nitrogens with zero attached hydrogens (tertiary/aromatic N) is 4. The summed E-state index contributed by atoms with van der Waals surface area (Å²) in [5, 5.41) is 4.63. The van der Waals surface area contributed by atoms with E-state index in [9.17, 15) is 0 Å². The zero-order valence-corrected chi connectivity index (χ0v) is 33.5. The number of rotatable bonds is 7. The van der Waals surface area contributed by atoms with E-state index in [1.54, 1.807) is 0 Å². The third-order valence-electron chi connectivity index (χ3n) is 11.9. The number of benzene rings is 9. The van der Waals surface area contributed by atoms with Crippen LogP contribution in [0.4, 0.5) is 0 Å². The summed E-state index contributed by atoms with van der Waals surface area (Å²) in [5.74, 6) is 1.85. The average Bonchev–Trinajstić information content (AvgIpc) is 3.90. The van der Waals surface area contributed by atoms with Gasteiger partial charge in [0.05, 0.1) is 11.0 Å². The van der Waals surface area contributed by atoms with Crippen LogP contribution in [0.15, 0.2) is 223 Å². The molecule has 0 fully saturated rings. The first-order valence-electron chi connectivity index (χ1n) is 20.8. The minimum atomic E-state index is 0.593. The van der Waals surface area contributed by atoms with Crippen LogP contribution in [-0.4, -0.2) is 19.5 Å². The normalized spacial score (nSPS) is 11.5. The molecule has 3 heterocycles. The Balaban J connectivity index is 0.886. The lowest BCUT2D eigenvalue weighted by molar-refractivity contribution is 0.669. The van der Waals surface area contributed by atoms with Gasteiger partial charge in [0.1, 0.15) is 11.2 Å². The Morgan fingerprint density at radius 3 is 1.55 bits per heavy atom. The van der Waals surface area contributed by atoms with E-state index in [1.165, 1.54) is 38.5 Å². The summed E-state index contributed by atoms with van der Waals surface area (Å²) in [5.41, 5.74) is 14.8. The highest BCUT2D eigenvalue weighted by Gasteiger charge is 2.18. The number of furan rings is 1. The van der Waals surface area contributed by atoms with E-state index in [4.69, 9.17) is 19.4 Å². The fourth-order valence-corrected chi connectivity index (χ4v) is 8.87. The van der Waals surface area contributed by atoms with Crippen molar-refractivity contribution in [2.24, 2.45) is 0 Å². The molecule has 12 rings (SSSR count). The van der Waals surface area contributed by atoms with Gasteiger partial charge in [-0.25, -0.2) is 15.0 Å². The standard InChI is InChI=1S/C57H36N4O/c1-4-14-39(15-5-1)55-58-56(40-16-6-2-7-17-40)60-57(59-55)44-31-33-49-53(36-44)62-52-25-13-23-46(54(49)52)38-28-26-37(27-29-38)41-18-12-19-42(34-41)43-30-32-48-47-22-10-11-24-50(47)61(51(48)35-43)45-20-8-3-9-21-45/h1-36H. The Bertz CT molecular complexity index is 3550. The van der Waals surface area contributed by atoms with Crippen LogP contribution in [0.5, 0.6) is 0 Å². The molecule has 0 bridgehead atoms. The molecule has 0 radical (unpaired) electrons. The third-order valence-corrected chi connectivity index (χ3v) is 11.9. The van der Waals surface area contributed by atoms with Gasteiger partial charge >= 0.3 is 0 Å². The number of hydrogen-bond acceptors (Lipinski definition) is 4. The predicted octanol–water partition coefficient (Wildman–Crippen LogP) is 14.9. The van der Waals surface area contributed by atoms with Crippen molar-refractivity contribution in [3.05, 3.63) is 218 Å². The van der Waals surface area contributed by atoms with Gasteiger partial charge in [-0.2, -0.15) is 0 Å². The molecule has 0 saturated carbocycles. The first-order valence-corrected chi connectivity index (χ1v) is 20.8. The van der Waals surface area contributed by atoms with Gasteiger partial charge in [0.25, 0.3) is 0 Å². The fraction of sp³-hybridized carbons (Fsp3) is 0. The van der Waals surface area contributed by atoms with Gasteiger partial charge in [-0.15, -0.1) is 0 Å². The van der Waals surface area contributed by atoms with E-state index >= 15 is 0 Å². The van der Waals surface area contributed by atoms with Crippen LogP contribution in [0.2, 0.25) is 0 Å². The number of para-hydroxylation sites is 2. The molecule has 3 aromatic heterocycles. The Labute approximate surface area is 357 Å². The van der Waals surface area contributed by atoms with Crippen LogP contribution < -0.4 is 0 Å². The molecule has 5 heteroatoms. The molecule has 9 aromatic carbocycles. The molecular formula is C57H36N4O. The van der Waals surface area contributed by atoms with Gasteiger partial charge < -0.3 is 8.98 Å². The Morgan fingerprint density at radius 1 is 0.306 bits per heavy atom. The highest BCUT2D eigenvalue weighted by Crippen LogP contribution is 2.40.